The molecule has 0 unspecified atom stereocenters. The van der Waals surface area contributed by atoms with Crippen LogP contribution in [-0.2, 0) is 0 Å². The highest BCUT2D eigenvalue weighted by Crippen LogP contribution is 2.44. The fourth-order valence-corrected chi connectivity index (χ4v) is 9.53. The molecular weight excluding hydrogens is 683 g/mol. The number of rotatable bonds is 2. The molecule has 0 aliphatic heterocycles. The molecule has 13 rings (SSSR count). The number of furan rings is 1. The van der Waals surface area contributed by atoms with Crippen molar-refractivity contribution in [2.45, 2.75) is 0 Å². The largest absolute Gasteiger partial charge is 0.454 e. The Morgan fingerprint density at radius 2 is 0.964 bits per heavy atom. The van der Waals surface area contributed by atoms with Crippen LogP contribution in [-0.4, -0.2) is 14.5 Å². The van der Waals surface area contributed by atoms with Gasteiger partial charge in [0.2, 0.25) is 0 Å². The first-order valence-electron chi connectivity index (χ1n) is 19.1. The first-order chi connectivity index (χ1) is 27.8. The molecule has 4 aromatic heterocycles. The van der Waals surface area contributed by atoms with E-state index in [-0.39, 0.29) is 0 Å². The van der Waals surface area contributed by atoms with Crippen LogP contribution in [0.3, 0.4) is 0 Å². The normalized spacial score (nSPS) is 12.3. The van der Waals surface area contributed by atoms with Gasteiger partial charge < -0.3 is 8.98 Å². The maximum Gasteiger partial charge on any atom is 0.159 e. The van der Waals surface area contributed by atoms with E-state index in [0.717, 1.165) is 77.1 Å². The molecule has 0 fully saturated rings. The van der Waals surface area contributed by atoms with E-state index in [0.29, 0.717) is 0 Å². The number of fused-ring (bicyclic) bond motifs is 18. The Morgan fingerprint density at radius 1 is 0.375 bits per heavy atom. The Balaban J connectivity index is 1.15. The van der Waals surface area contributed by atoms with Crippen LogP contribution in [0.15, 0.2) is 180 Å². The fraction of sp³-hybridized carbons (Fsp3) is 0. The van der Waals surface area contributed by atoms with Crippen molar-refractivity contribution >= 4 is 109 Å². The van der Waals surface area contributed by atoms with Gasteiger partial charge in [0.1, 0.15) is 5.58 Å². The van der Waals surface area contributed by atoms with Crippen LogP contribution in [0, 0.1) is 0 Å². The molecule has 4 heterocycles. The zero-order valence-corrected chi connectivity index (χ0v) is 30.0. The Bertz CT molecular complexity index is 3800. The summed E-state index contributed by atoms with van der Waals surface area (Å²) < 4.78 is 9.09. The van der Waals surface area contributed by atoms with Crippen molar-refractivity contribution in [1.82, 2.24) is 14.5 Å². The van der Waals surface area contributed by atoms with Gasteiger partial charge in [-0.15, -0.1) is 0 Å². The van der Waals surface area contributed by atoms with Crippen LogP contribution in [0.1, 0.15) is 0 Å². The molecule has 0 saturated heterocycles. The van der Waals surface area contributed by atoms with E-state index in [4.69, 9.17) is 14.4 Å². The maximum atomic E-state index is 6.68. The number of benzene rings is 9. The lowest BCUT2D eigenvalue weighted by atomic mass is 9.93. The Morgan fingerprint density at radius 3 is 1.71 bits per heavy atom. The van der Waals surface area contributed by atoms with Gasteiger partial charge in [0, 0.05) is 44.1 Å². The number of aromatic nitrogens is 3. The zero-order chi connectivity index (χ0) is 36.5. The van der Waals surface area contributed by atoms with E-state index < -0.39 is 0 Å². The Kier molecular flexibility index (Phi) is 5.86. The van der Waals surface area contributed by atoms with Gasteiger partial charge in [0.25, 0.3) is 0 Å². The molecule has 56 heavy (non-hydrogen) atoms. The van der Waals surface area contributed by atoms with Gasteiger partial charge in [0.05, 0.1) is 33.4 Å². The predicted molar refractivity (Wildman–Crippen MR) is 234 cm³/mol. The highest BCUT2D eigenvalue weighted by atomic mass is 16.3. The molecule has 0 amide bonds. The van der Waals surface area contributed by atoms with Crippen LogP contribution in [0.2, 0.25) is 0 Å². The van der Waals surface area contributed by atoms with Crippen LogP contribution in [0.25, 0.3) is 126 Å². The van der Waals surface area contributed by atoms with E-state index in [9.17, 15) is 0 Å². The van der Waals surface area contributed by atoms with Crippen LogP contribution in [0.5, 0.6) is 0 Å². The third kappa shape index (κ3) is 3.97. The average Bonchev–Trinajstić information content (AvgIpc) is 3.81. The summed E-state index contributed by atoms with van der Waals surface area (Å²) >= 11 is 0. The monoisotopic (exact) mass is 711 g/mol. The molecule has 0 N–H and O–H groups in total. The minimum atomic E-state index is 0.878. The Labute approximate surface area is 319 Å². The smallest absolute Gasteiger partial charge is 0.159 e. The predicted octanol–water partition coefficient (Wildman–Crippen LogP) is 14.1. The first kappa shape index (κ1) is 29.8. The molecule has 0 bridgehead atoms. The summed E-state index contributed by atoms with van der Waals surface area (Å²) in [4.78, 5) is 10.2. The van der Waals surface area contributed by atoms with Crippen molar-refractivity contribution < 1.29 is 4.42 Å². The quantitative estimate of drug-likeness (QED) is 0.168. The lowest BCUT2D eigenvalue weighted by molar-refractivity contribution is 0.666. The number of pyridine rings is 2. The van der Waals surface area contributed by atoms with E-state index in [2.05, 4.69) is 162 Å². The second kappa shape index (κ2) is 11.0. The average molecular weight is 712 g/mol. The molecule has 4 heteroatoms. The van der Waals surface area contributed by atoms with Crippen molar-refractivity contribution in [1.29, 1.82) is 0 Å². The van der Waals surface area contributed by atoms with E-state index in [1.54, 1.807) is 0 Å². The second-order valence-electron chi connectivity index (χ2n) is 14.9. The standard InChI is InChI=1S/C52H29N3O/c1-5-15-35-31(11-1)32-12-2-6-16-36(32)42-29-48-44(28-41(35)42)43-27-30(22-25-46(43)55(48)47-20-9-18-40-37-17-7-8-21-49(37)56-52(40)47)45-24-23-39-34-14-4-3-13-33(34)38-19-10-26-53-50(38)51(39)54-45/h1-29H. The minimum absolute atomic E-state index is 0.878. The zero-order valence-electron chi connectivity index (χ0n) is 30.0. The van der Waals surface area contributed by atoms with Crippen molar-refractivity contribution in [2.75, 3.05) is 0 Å². The molecule has 0 atom stereocenters. The van der Waals surface area contributed by atoms with Crippen molar-refractivity contribution in [3.8, 4) is 16.9 Å². The number of hydrogen-bond acceptors (Lipinski definition) is 3. The molecule has 0 spiro atoms. The second-order valence-corrected chi connectivity index (χ2v) is 14.9. The topological polar surface area (TPSA) is 43.9 Å². The molecule has 13 aromatic rings. The highest BCUT2D eigenvalue weighted by molar-refractivity contribution is 6.29. The van der Waals surface area contributed by atoms with Gasteiger partial charge in [-0.3, -0.25) is 4.98 Å². The molecule has 0 aliphatic carbocycles. The molecule has 0 aliphatic rings. The van der Waals surface area contributed by atoms with Crippen molar-refractivity contribution in [2.24, 2.45) is 0 Å². The summed E-state index contributed by atoms with van der Waals surface area (Å²) in [6, 6.07) is 61.1. The molecule has 258 valence electrons. The van der Waals surface area contributed by atoms with Crippen molar-refractivity contribution in [3.05, 3.63) is 176 Å². The van der Waals surface area contributed by atoms with E-state index in [1.165, 1.54) is 48.5 Å². The highest BCUT2D eigenvalue weighted by Gasteiger charge is 2.21. The lowest BCUT2D eigenvalue weighted by Crippen LogP contribution is -1.95. The molecule has 4 nitrogen and oxygen atoms in total. The SMILES string of the molecule is c1ccc2c(c1)oc1c(-n3c4ccc(-c5ccc6c7ccccc7c7cccnc7c6n5)cc4c4cc5c6ccccc6c6ccccc6c5cc43)cccc12. The number of nitrogens with zero attached hydrogens (tertiary/aromatic N) is 3. The third-order valence-corrected chi connectivity index (χ3v) is 12.0. The third-order valence-electron chi connectivity index (χ3n) is 12.0. The molecule has 9 aromatic carbocycles. The van der Waals surface area contributed by atoms with Gasteiger partial charge in [0.15, 0.2) is 5.58 Å². The summed E-state index contributed by atoms with van der Waals surface area (Å²) in [6.45, 7) is 0. The van der Waals surface area contributed by atoms with Crippen LogP contribution in [0.4, 0.5) is 0 Å². The lowest BCUT2D eigenvalue weighted by Gasteiger charge is -2.12. The molecule has 0 saturated carbocycles. The van der Waals surface area contributed by atoms with Gasteiger partial charge >= 0.3 is 0 Å². The first-order valence-corrected chi connectivity index (χ1v) is 19.1. The summed E-state index contributed by atoms with van der Waals surface area (Å²) in [6.07, 6.45) is 1.87. The van der Waals surface area contributed by atoms with E-state index >= 15 is 0 Å². The van der Waals surface area contributed by atoms with E-state index in [1.807, 2.05) is 18.3 Å². The summed E-state index contributed by atoms with van der Waals surface area (Å²) in [5.41, 5.74) is 8.83. The fourth-order valence-electron chi connectivity index (χ4n) is 9.53. The Hall–Kier alpha value is -7.56. The summed E-state index contributed by atoms with van der Waals surface area (Å²) in [5, 5.41) is 16.7. The van der Waals surface area contributed by atoms with Crippen molar-refractivity contribution in [3.63, 3.8) is 0 Å². The summed E-state index contributed by atoms with van der Waals surface area (Å²) in [5.74, 6) is 0. The molecule has 0 radical (unpaired) electrons. The summed E-state index contributed by atoms with van der Waals surface area (Å²) in [7, 11) is 0. The maximum absolute atomic E-state index is 6.68. The minimum Gasteiger partial charge on any atom is -0.454 e. The van der Waals surface area contributed by atoms with Gasteiger partial charge in [-0.25, -0.2) is 4.98 Å². The van der Waals surface area contributed by atoms with Crippen LogP contribution >= 0.6 is 0 Å². The van der Waals surface area contributed by atoms with Crippen LogP contribution < -0.4 is 0 Å². The number of hydrogen-bond donors (Lipinski definition) is 0. The van der Waals surface area contributed by atoms with Gasteiger partial charge in [-0.1, -0.05) is 115 Å². The molecular formula is C52H29N3O. The van der Waals surface area contributed by atoms with Gasteiger partial charge in [-0.2, -0.15) is 0 Å². The number of para-hydroxylation sites is 2. The van der Waals surface area contributed by atoms with Gasteiger partial charge in [-0.05, 0) is 97.7 Å².